The maximum absolute atomic E-state index is 13.4. The zero-order valence-corrected chi connectivity index (χ0v) is 18.3. The van der Waals surface area contributed by atoms with Crippen molar-refractivity contribution in [3.63, 3.8) is 0 Å². The molecule has 0 saturated heterocycles. The molecule has 1 unspecified atom stereocenters. The summed E-state index contributed by atoms with van der Waals surface area (Å²) in [5.41, 5.74) is 1.30. The van der Waals surface area contributed by atoms with Crippen molar-refractivity contribution < 1.29 is 14.0 Å². The maximum Gasteiger partial charge on any atom is 0.258 e. The van der Waals surface area contributed by atoms with Gasteiger partial charge in [0.2, 0.25) is 0 Å². The second kappa shape index (κ2) is 8.00. The van der Waals surface area contributed by atoms with Crippen LogP contribution in [-0.2, 0) is 10.2 Å². The maximum atomic E-state index is 13.4. The van der Waals surface area contributed by atoms with E-state index in [0.717, 1.165) is 43.5 Å². The lowest BCUT2D eigenvalue weighted by molar-refractivity contribution is -0.120. The minimum atomic E-state index is -0.533. The Kier molecular flexibility index (Phi) is 5.51. The van der Waals surface area contributed by atoms with Crippen molar-refractivity contribution >= 4 is 40.9 Å². The van der Waals surface area contributed by atoms with Crippen LogP contribution >= 0.6 is 11.6 Å². The second-order valence-corrected chi connectivity index (χ2v) is 9.21. The molecule has 1 aromatic carbocycles. The Morgan fingerprint density at radius 2 is 2.00 bits per heavy atom. The molecule has 0 spiro atoms. The SMILES string of the molecule is CC(C)(C)c1cc(NC(=O)c2ccc(F)cc2Cl)n(C2=NC(=O)C3CCCCC3=N2)n1. The molecule has 2 aromatic rings. The zero-order valence-electron chi connectivity index (χ0n) is 17.6. The highest BCUT2D eigenvalue weighted by molar-refractivity contribution is 6.34. The van der Waals surface area contributed by atoms with Crippen LogP contribution in [0.15, 0.2) is 34.3 Å². The van der Waals surface area contributed by atoms with Gasteiger partial charge in [-0.25, -0.2) is 9.38 Å². The van der Waals surface area contributed by atoms with E-state index in [1.165, 1.54) is 10.7 Å². The van der Waals surface area contributed by atoms with Crippen LogP contribution in [0, 0.1) is 11.7 Å². The molecule has 2 aliphatic rings. The van der Waals surface area contributed by atoms with Crippen LogP contribution in [0.1, 0.15) is 62.5 Å². The molecule has 2 amide bonds. The average Bonchev–Trinajstić information content (AvgIpc) is 3.12. The van der Waals surface area contributed by atoms with Crippen LogP contribution in [0.5, 0.6) is 0 Å². The lowest BCUT2D eigenvalue weighted by Gasteiger charge is -2.24. The molecular weight excluding hydrogens is 421 g/mol. The summed E-state index contributed by atoms with van der Waals surface area (Å²) >= 11 is 6.04. The van der Waals surface area contributed by atoms with Crippen molar-refractivity contribution in [1.29, 1.82) is 0 Å². The highest BCUT2D eigenvalue weighted by atomic mass is 35.5. The molecule has 9 heteroatoms. The summed E-state index contributed by atoms with van der Waals surface area (Å²) in [5, 5.41) is 7.33. The summed E-state index contributed by atoms with van der Waals surface area (Å²) in [6.45, 7) is 5.96. The van der Waals surface area contributed by atoms with E-state index in [2.05, 4.69) is 20.4 Å². The van der Waals surface area contributed by atoms with Crippen molar-refractivity contribution in [2.24, 2.45) is 15.9 Å². The number of amides is 2. The van der Waals surface area contributed by atoms with Crippen molar-refractivity contribution in [3.8, 4) is 0 Å². The molecular formula is C22H23ClFN5O2. The van der Waals surface area contributed by atoms with Crippen LogP contribution < -0.4 is 5.32 Å². The van der Waals surface area contributed by atoms with Gasteiger partial charge in [0.05, 0.1) is 22.2 Å². The Balaban J connectivity index is 1.73. The Morgan fingerprint density at radius 1 is 1.23 bits per heavy atom. The summed E-state index contributed by atoms with van der Waals surface area (Å²) in [6, 6.07) is 5.27. The van der Waals surface area contributed by atoms with Crippen molar-refractivity contribution in [2.45, 2.75) is 51.9 Å². The van der Waals surface area contributed by atoms with Crippen LogP contribution in [0.25, 0.3) is 0 Å². The molecule has 162 valence electrons. The standard InChI is InChI=1S/C22H23ClFN5O2/c1-22(2,3)17-11-18(26-19(30)13-9-8-12(24)10-15(13)23)29(28-17)21-25-16-7-5-4-6-14(16)20(31)27-21/h8-11,14H,4-7H2,1-3H3,(H,26,30). The van der Waals surface area contributed by atoms with E-state index >= 15 is 0 Å². The van der Waals surface area contributed by atoms with Gasteiger partial charge < -0.3 is 5.32 Å². The van der Waals surface area contributed by atoms with Crippen LogP contribution in [0.3, 0.4) is 0 Å². The molecule has 2 heterocycles. The van der Waals surface area contributed by atoms with Gasteiger partial charge in [-0.2, -0.15) is 14.8 Å². The van der Waals surface area contributed by atoms with E-state index in [-0.39, 0.29) is 33.8 Å². The number of aliphatic imine (C=N–C) groups is 2. The monoisotopic (exact) mass is 443 g/mol. The van der Waals surface area contributed by atoms with E-state index in [0.29, 0.717) is 11.5 Å². The third kappa shape index (κ3) is 4.30. The fourth-order valence-electron chi connectivity index (χ4n) is 3.67. The molecule has 7 nitrogen and oxygen atoms in total. The number of carbonyl (C=O) groups is 2. The van der Waals surface area contributed by atoms with Crippen LogP contribution in [0.4, 0.5) is 10.2 Å². The van der Waals surface area contributed by atoms with Gasteiger partial charge in [-0.1, -0.05) is 38.8 Å². The molecule has 1 aromatic heterocycles. The average molecular weight is 444 g/mol. The van der Waals surface area contributed by atoms with Gasteiger partial charge in [0, 0.05) is 17.2 Å². The number of hydrogen-bond acceptors (Lipinski definition) is 4. The Morgan fingerprint density at radius 3 is 2.71 bits per heavy atom. The first-order valence-electron chi connectivity index (χ1n) is 10.2. The third-order valence-electron chi connectivity index (χ3n) is 5.41. The van der Waals surface area contributed by atoms with Gasteiger partial charge in [-0.3, -0.25) is 9.59 Å². The highest BCUT2D eigenvalue weighted by Crippen LogP contribution is 2.29. The van der Waals surface area contributed by atoms with E-state index in [9.17, 15) is 14.0 Å². The zero-order chi connectivity index (χ0) is 22.3. The Labute approximate surface area is 184 Å². The largest absolute Gasteiger partial charge is 0.306 e. The first kappa shape index (κ1) is 21.4. The van der Waals surface area contributed by atoms with E-state index < -0.39 is 11.7 Å². The molecule has 0 radical (unpaired) electrons. The molecule has 1 saturated carbocycles. The molecule has 1 N–H and O–H groups in total. The highest BCUT2D eigenvalue weighted by Gasteiger charge is 2.33. The second-order valence-electron chi connectivity index (χ2n) is 8.81. The summed E-state index contributed by atoms with van der Waals surface area (Å²) in [6.07, 6.45) is 3.47. The number of aromatic nitrogens is 2. The molecule has 1 fully saturated rings. The summed E-state index contributed by atoms with van der Waals surface area (Å²) in [7, 11) is 0. The van der Waals surface area contributed by atoms with Gasteiger partial charge in [-0.05, 0) is 37.5 Å². The first-order chi connectivity index (χ1) is 14.6. The quantitative estimate of drug-likeness (QED) is 0.735. The number of anilines is 1. The van der Waals surface area contributed by atoms with Gasteiger partial charge in [0.15, 0.2) is 0 Å². The van der Waals surface area contributed by atoms with Gasteiger partial charge in [0.1, 0.15) is 11.6 Å². The third-order valence-corrected chi connectivity index (χ3v) is 5.73. The lowest BCUT2D eigenvalue weighted by atomic mass is 9.86. The van der Waals surface area contributed by atoms with Gasteiger partial charge >= 0.3 is 0 Å². The number of rotatable bonds is 2. The van der Waals surface area contributed by atoms with E-state index in [1.54, 1.807) is 6.07 Å². The predicted molar refractivity (Wildman–Crippen MR) is 118 cm³/mol. The summed E-state index contributed by atoms with van der Waals surface area (Å²) < 4.78 is 14.7. The van der Waals surface area contributed by atoms with E-state index in [4.69, 9.17) is 11.6 Å². The molecule has 31 heavy (non-hydrogen) atoms. The van der Waals surface area contributed by atoms with Crippen LogP contribution in [0.2, 0.25) is 5.02 Å². The predicted octanol–water partition coefficient (Wildman–Crippen LogP) is 4.60. The number of nitrogens with zero attached hydrogens (tertiary/aromatic N) is 4. The Bertz CT molecular complexity index is 1130. The fourth-order valence-corrected chi connectivity index (χ4v) is 3.92. The first-order valence-corrected chi connectivity index (χ1v) is 10.6. The fraction of sp³-hybridized carbons (Fsp3) is 0.409. The van der Waals surface area contributed by atoms with Crippen molar-refractivity contribution in [3.05, 3.63) is 46.4 Å². The van der Waals surface area contributed by atoms with E-state index in [1.807, 2.05) is 20.8 Å². The molecule has 1 aliphatic carbocycles. The minimum absolute atomic E-state index is 0.00455. The number of hydrogen-bond donors (Lipinski definition) is 1. The Hall–Kier alpha value is -2.87. The smallest absolute Gasteiger partial charge is 0.258 e. The number of halogens is 2. The lowest BCUT2D eigenvalue weighted by Crippen LogP contribution is -2.34. The number of nitrogens with one attached hydrogen (secondary N) is 1. The molecule has 0 bridgehead atoms. The van der Waals surface area contributed by atoms with Gasteiger partial charge in [0.25, 0.3) is 17.8 Å². The van der Waals surface area contributed by atoms with Crippen LogP contribution in [-0.4, -0.2) is 33.3 Å². The molecule has 1 atom stereocenters. The molecule has 4 rings (SSSR count). The summed E-state index contributed by atoms with van der Waals surface area (Å²) in [4.78, 5) is 34.2. The number of fused-ring (bicyclic) bond motifs is 1. The van der Waals surface area contributed by atoms with Gasteiger partial charge in [-0.15, -0.1) is 0 Å². The minimum Gasteiger partial charge on any atom is -0.306 e. The number of benzene rings is 1. The van der Waals surface area contributed by atoms with Crippen molar-refractivity contribution in [2.75, 3.05) is 5.32 Å². The number of carbonyl (C=O) groups excluding carboxylic acids is 2. The summed E-state index contributed by atoms with van der Waals surface area (Å²) in [5.74, 6) is -1.11. The van der Waals surface area contributed by atoms with Crippen molar-refractivity contribution in [1.82, 2.24) is 9.78 Å². The topological polar surface area (TPSA) is 88.7 Å². The molecule has 1 aliphatic heterocycles. The normalized spacial score (nSPS) is 18.9.